The number of pyridine rings is 1. The lowest BCUT2D eigenvalue weighted by Gasteiger charge is -2.33. The summed E-state index contributed by atoms with van der Waals surface area (Å²) < 4.78 is 17.1. The van der Waals surface area contributed by atoms with E-state index in [1.165, 1.54) is 17.7 Å². The van der Waals surface area contributed by atoms with Gasteiger partial charge in [0.25, 0.3) is 5.91 Å². The summed E-state index contributed by atoms with van der Waals surface area (Å²) >= 11 is 0. The van der Waals surface area contributed by atoms with Gasteiger partial charge in [0.1, 0.15) is 11.9 Å². The van der Waals surface area contributed by atoms with Crippen LogP contribution >= 0.6 is 0 Å². The highest BCUT2D eigenvalue weighted by Crippen LogP contribution is 2.53. The fraction of sp³-hybridized carbons (Fsp3) is 0.258. The van der Waals surface area contributed by atoms with Crippen molar-refractivity contribution in [2.75, 3.05) is 13.1 Å². The van der Waals surface area contributed by atoms with Crippen LogP contribution in [0.15, 0.2) is 73.3 Å². The van der Waals surface area contributed by atoms with Crippen LogP contribution in [-0.2, 0) is 10.2 Å². The molecule has 0 radical (unpaired) electrons. The average Bonchev–Trinajstić information content (AvgIpc) is 3.63. The van der Waals surface area contributed by atoms with Crippen LogP contribution in [0.3, 0.4) is 0 Å². The van der Waals surface area contributed by atoms with Gasteiger partial charge >= 0.3 is 0 Å². The van der Waals surface area contributed by atoms with Gasteiger partial charge in [-0.2, -0.15) is 0 Å². The highest BCUT2D eigenvalue weighted by Gasteiger charge is 2.48. The van der Waals surface area contributed by atoms with E-state index >= 15 is 4.39 Å². The molecule has 2 aromatic carbocycles. The number of halogens is 1. The number of aromatic nitrogens is 4. The summed E-state index contributed by atoms with van der Waals surface area (Å²) in [6.07, 6.45) is 10.2. The molecule has 1 unspecified atom stereocenters. The van der Waals surface area contributed by atoms with Gasteiger partial charge in [0.15, 0.2) is 0 Å². The maximum absolute atomic E-state index is 15.2. The van der Waals surface area contributed by atoms with E-state index in [1.54, 1.807) is 30.3 Å². The molecule has 2 aliphatic rings. The summed E-state index contributed by atoms with van der Waals surface area (Å²) in [5.74, 6) is -0.851. The van der Waals surface area contributed by atoms with Gasteiger partial charge in [0.2, 0.25) is 11.7 Å². The van der Waals surface area contributed by atoms with E-state index in [-0.39, 0.29) is 16.9 Å². The predicted molar refractivity (Wildman–Crippen MR) is 148 cm³/mol. The molecule has 0 spiro atoms. The smallest absolute Gasteiger partial charge is 0.254 e. The van der Waals surface area contributed by atoms with Crippen molar-refractivity contribution >= 4 is 28.5 Å². The molecule has 0 bridgehead atoms. The number of nitrogens with zero attached hydrogens (tertiary/aromatic N) is 5. The second-order valence-corrected chi connectivity index (χ2v) is 10.7. The first kappa shape index (κ1) is 24.4. The number of likely N-dealkylation sites (tertiary alicyclic amines) is 1. The molecule has 4 heterocycles. The Morgan fingerprint density at radius 1 is 1.00 bits per heavy atom. The quantitative estimate of drug-likeness (QED) is 0.346. The van der Waals surface area contributed by atoms with Crippen LogP contribution in [0.1, 0.15) is 47.8 Å². The number of carbonyl (C=O) groups excluding carboxylic acids is 2. The Labute approximate surface area is 229 Å². The van der Waals surface area contributed by atoms with Gasteiger partial charge in [-0.1, -0.05) is 18.2 Å². The second kappa shape index (κ2) is 9.22. The van der Waals surface area contributed by atoms with Gasteiger partial charge in [-0.15, -0.1) is 0 Å². The number of imidazole rings is 1. The third-order valence-electron chi connectivity index (χ3n) is 8.19. The molecule has 7 rings (SSSR count). The van der Waals surface area contributed by atoms with E-state index in [0.717, 1.165) is 35.9 Å². The van der Waals surface area contributed by atoms with Crippen LogP contribution in [0.2, 0.25) is 0 Å². The number of hydrogen-bond acceptors (Lipinski definition) is 5. The highest BCUT2D eigenvalue weighted by atomic mass is 19.1. The van der Waals surface area contributed by atoms with Crippen molar-refractivity contribution in [2.45, 2.75) is 37.6 Å². The van der Waals surface area contributed by atoms with Crippen molar-refractivity contribution in [3.05, 3.63) is 96.0 Å². The molecule has 1 saturated carbocycles. The molecule has 1 saturated heterocycles. The standard InChI is InChI=1S/C31H27FN6O2/c1-19(29(40)37-12-3-13-37)36-28(39)24-7-5-20(15-25(24)32)22-16-34-30-35-17-27(38(30)18-22)31(9-10-31)23-6-8-26-21(14-23)4-2-11-33-26/h2,4-8,11,14-19H,3,9-10,12-13H2,1H3,(H,36,39). The monoisotopic (exact) mass is 534 g/mol. The van der Waals surface area contributed by atoms with E-state index in [1.807, 2.05) is 22.9 Å². The minimum absolute atomic E-state index is 0.105. The Bertz CT molecular complexity index is 1810. The van der Waals surface area contributed by atoms with E-state index in [0.29, 0.717) is 30.0 Å². The maximum atomic E-state index is 15.2. The molecule has 1 aliphatic carbocycles. The average molecular weight is 535 g/mol. The number of rotatable bonds is 6. The Morgan fingerprint density at radius 3 is 2.58 bits per heavy atom. The van der Waals surface area contributed by atoms with E-state index in [2.05, 4.69) is 44.5 Å². The number of nitrogens with one attached hydrogen (secondary N) is 1. The van der Waals surface area contributed by atoms with Crippen LogP contribution in [0.25, 0.3) is 27.8 Å². The Hall–Kier alpha value is -4.66. The van der Waals surface area contributed by atoms with Gasteiger partial charge in [0, 0.05) is 48.0 Å². The molecule has 9 heteroatoms. The van der Waals surface area contributed by atoms with Gasteiger partial charge in [-0.3, -0.25) is 19.0 Å². The van der Waals surface area contributed by atoms with Crippen molar-refractivity contribution in [3.63, 3.8) is 0 Å². The summed E-state index contributed by atoms with van der Waals surface area (Å²) in [6, 6.07) is 14.2. The molecule has 1 aliphatic heterocycles. The highest BCUT2D eigenvalue weighted by molar-refractivity contribution is 5.98. The lowest BCUT2D eigenvalue weighted by molar-refractivity contribution is -0.136. The number of hydrogen-bond donors (Lipinski definition) is 1. The summed E-state index contributed by atoms with van der Waals surface area (Å²) in [6.45, 7) is 3.01. The van der Waals surface area contributed by atoms with Crippen molar-refractivity contribution in [1.82, 2.24) is 29.6 Å². The van der Waals surface area contributed by atoms with Crippen molar-refractivity contribution in [3.8, 4) is 11.1 Å². The molecule has 1 N–H and O–H groups in total. The van der Waals surface area contributed by atoms with E-state index in [4.69, 9.17) is 0 Å². The molecule has 1 atom stereocenters. The molecule has 5 aromatic rings. The third-order valence-corrected chi connectivity index (χ3v) is 8.19. The van der Waals surface area contributed by atoms with Crippen LogP contribution < -0.4 is 5.32 Å². The van der Waals surface area contributed by atoms with Gasteiger partial charge in [-0.05, 0) is 67.6 Å². The summed E-state index contributed by atoms with van der Waals surface area (Å²) in [5.41, 5.74) is 4.24. The fourth-order valence-electron chi connectivity index (χ4n) is 5.59. The van der Waals surface area contributed by atoms with Crippen LogP contribution in [0.4, 0.5) is 4.39 Å². The number of amides is 2. The van der Waals surface area contributed by atoms with Gasteiger partial charge in [-0.25, -0.2) is 14.4 Å². The lowest BCUT2D eigenvalue weighted by Crippen LogP contribution is -2.51. The Kier molecular flexibility index (Phi) is 5.62. The lowest BCUT2D eigenvalue weighted by atomic mass is 9.91. The molecule has 3 aromatic heterocycles. The van der Waals surface area contributed by atoms with Crippen molar-refractivity contribution in [2.24, 2.45) is 0 Å². The molecular formula is C31H27FN6O2. The van der Waals surface area contributed by atoms with Gasteiger partial charge < -0.3 is 10.2 Å². The zero-order chi connectivity index (χ0) is 27.4. The molecule has 40 heavy (non-hydrogen) atoms. The zero-order valence-corrected chi connectivity index (χ0v) is 22.0. The van der Waals surface area contributed by atoms with Crippen LogP contribution in [0, 0.1) is 5.82 Å². The van der Waals surface area contributed by atoms with E-state index < -0.39 is 17.8 Å². The molecule has 2 fully saturated rings. The number of carbonyl (C=O) groups is 2. The van der Waals surface area contributed by atoms with Crippen LogP contribution in [-0.4, -0.2) is 55.2 Å². The normalized spacial score (nSPS) is 16.5. The van der Waals surface area contributed by atoms with Crippen molar-refractivity contribution < 1.29 is 14.0 Å². The Morgan fingerprint density at radius 2 is 1.82 bits per heavy atom. The first-order valence-corrected chi connectivity index (χ1v) is 13.5. The SMILES string of the molecule is CC(NC(=O)c1ccc(-c2cnc3ncc(C4(c5ccc6ncccc6c5)CC4)n3c2)cc1F)C(=O)N1CCC1. The molecule has 2 amide bonds. The summed E-state index contributed by atoms with van der Waals surface area (Å²) in [4.78, 5) is 40.3. The maximum Gasteiger partial charge on any atom is 0.254 e. The second-order valence-electron chi connectivity index (χ2n) is 10.7. The predicted octanol–water partition coefficient (Wildman–Crippen LogP) is 4.51. The molecular weight excluding hydrogens is 507 g/mol. The Balaban J connectivity index is 1.17. The zero-order valence-electron chi connectivity index (χ0n) is 22.0. The van der Waals surface area contributed by atoms with Crippen LogP contribution in [0.5, 0.6) is 0 Å². The minimum atomic E-state index is -0.716. The summed E-state index contributed by atoms with van der Waals surface area (Å²) in [7, 11) is 0. The third kappa shape index (κ3) is 4.00. The number of benzene rings is 2. The largest absolute Gasteiger partial charge is 0.341 e. The molecule has 8 nitrogen and oxygen atoms in total. The van der Waals surface area contributed by atoms with Crippen molar-refractivity contribution in [1.29, 1.82) is 0 Å². The molecule has 200 valence electrons. The fourth-order valence-corrected chi connectivity index (χ4v) is 5.59. The van der Waals surface area contributed by atoms with E-state index in [9.17, 15) is 9.59 Å². The van der Waals surface area contributed by atoms with Gasteiger partial charge in [0.05, 0.1) is 23.0 Å². The topological polar surface area (TPSA) is 92.5 Å². The number of fused-ring (bicyclic) bond motifs is 2. The summed E-state index contributed by atoms with van der Waals surface area (Å²) in [5, 5.41) is 3.72. The first-order valence-electron chi connectivity index (χ1n) is 13.5. The first-order chi connectivity index (χ1) is 19.4. The minimum Gasteiger partial charge on any atom is -0.341 e.